The highest BCUT2D eigenvalue weighted by atomic mass is 32.2. The highest BCUT2D eigenvalue weighted by Crippen LogP contribution is 2.39. The quantitative estimate of drug-likeness (QED) is 0.539. The summed E-state index contributed by atoms with van der Waals surface area (Å²) in [6, 6.07) is 16.0. The fraction of sp³-hybridized carbons (Fsp3) is 0.167. The van der Waals surface area contributed by atoms with Gasteiger partial charge in [0.15, 0.2) is 0 Å². The summed E-state index contributed by atoms with van der Waals surface area (Å²) in [6.07, 6.45) is 0.433. The number of amides is 2. The molecule has 0 aromatic heterocycles. The molecule has 3 aromatic carbocycles. The summed E-state index contributed by atoms with van der Waals surface area (Å²) in [5.74, 6) is -1.61. The number of halogens is 1. The number of sulfonamides is 1. The lowest BCUT2D eigenvalue weighted by Gasteiger charge is -2.12. The van der Waals surface area contributed by atoms with Crippen LogP contribution < -0.4 is 10.6 Å². The lowest BCUT2D eigenvalue weighted by molar-refractivity contribution is 0.0948. The fourth-order valence-corrected chi connectivity index (χ4v) is 5.36. The molecule has 2 N–H and O–H groups in total. The summed E-state index contributed by atoms with van der Waals surface area (Å²) in [4.78, 5) is 26.6. The second-order valence-corrected chi connectivity index (χ2v) is 11.1. The Morgan fingerprint density at radius 3 is 2.47 bits per heavy atom. The number of anilines is 1. The van der Waals surface area contributed by atoms with Crippen LogP contribution in [-0.4, -0.2) is 45.2 Å². The van der Waals surface area contributed by atoms with Crippen LogP contribution in [0.25, 0.3) is 0 Å². The Morgan fingerprint density at radius 2 is 1.76 bits per heavy atom. The van der Waals surface area contributed by atoms with Crippen molar-refractivity contribution in [3.05, 3.63) is 83.2 Å². The third-order valence-electron chi connectivity index (χ3n) is 5.31. The van der Waals surface area contributed by atoms with Gasteiger partial charge in [-0.15, -0.1) is 0 Å². The predicted octanol–water partition coefficient (Wildman–Crippen LogP) is 3.77. The van der Waals surface area contributed by atoms with E-state index in [2.05, 4.69) is 10.6 Å². The Kier molecular flexibility index (Phi) is 6.74. The molecule has 34 heavy (non-hydrogen) atoms. The number of rotatable bonds is 6. The second-order valence-electron chi connectivity index (χ2n) is 7.82. The van der Waals surface area contributed by atoms with Crippen LogP contribution in [0.5, 0.6) is 0 Å². The first kappa shape index (κ1) is 23.9. The average Bonchev–Trinajstić information content (AvgIpc) is 2.94. The molecule has 0 unspecified atom stereocenters. The van der Waals surface area contributed by atoms with Crippen LogP contribution in [0.4, 0.5) is 10.1 Å². The minimum Gasteiger partial charge on any atom is -0.352 e. The van der Waals surface area contributed by atoms with Crippen LogP contribution in [0.2, 0.25) is 0 Å². The minimum atomic E-state index is -3.51. The Bertz CT molecular complexity index is 1370. The molecule has 0 saturated carbocycles. The second kappa shape index (κ2) is 9.57. The summed E-state index contributed by atoms with van der Waals surface area (Å²) in [7, 11) is -0.586. The van der Waals surface area contributed by atoms with Gasteiger partial charge < -0.3 is 10.6 Å². The molecule has 0 radical (unpaired) electrons. The summed E-state index contributed by atoms with van der Waals surface area (Å²) in [6.45, 7) is 0.224. The topological polar surface area (TPSA) is 95.6 Å². The Morgan fingerprint density at radius 1 is 1.06 bits per heavy atom. The van der Waals surface area contributed by atoms with Crippen molar-refractivity contribution in [1.82, 2.24) is 9.62 Å². The molecular formula is C24H22FN3O4S2. The van der Waals surface area contributed by atoms with Gasteiger partial charge >= 0.3 is 0 Å². The molecule has 4 rings (SSSR count). The van der Waals surface area contributed by atoms with Gasteiger partial charge in [0, 0.05) is 30.4 Å². The maximum absolute atomic E-state index is 14.8. The lowest BCUT2D eigenvalue weighted by atomic mass is 10.1. The first-order valence-electron chi connectivity index (χ1n) is 10.4. The van der Waals surface area contributed by atoms with Gasteiger partial charge in [-0.3, -0.25) is 9.59 Å². The van der Waals surface area contributed by atoms with Crippen LogP contribution in [0.3, 0.4) is 0 Å². The molecule has 7 nitrogen and oxygen atoms in total. The standard InChI is InChI=1S/C24H22FN3O4S2/c1-28(2)34(31,32)16-9-7-15(8-10-16)11-12-26-23(29)18-13-20-22(14-19(18)25)33-21-6-4-3-5-17(21)24(30)27-20/h3-10,13-14H,11-12H2,1-2H3,(H,26,29)(H,27,30). The maximum Gasteiger partial charge on any atom is 0.256 e. The molecule has 0 saturated heterocycles. The van der Waals surface area contributed by atoms with Crippen molar-refractivity contribution in [3.8, 4) is 0 Å². The molecule has 0 spiro atoms. The van der Waals surface area contributed by atoms with Crippen LogP contribution in [0.15, 0.2) is 75.4 Å². The number of carbonyl (C=O) groups is 2. The highest BCUT2D eigenvalue weighted by Gasteiger charge is 2.23. The fourth-order valence-electron chi connectivity index (χ4n) is 3.42. The smallest absolute Gasteiger partial charge is 0.256 e. The van der Waals surface area contributed by atoms with Crippen molar-refractivity contribution in [2.45, 2.75) is 21.1 Å². The molecule has 0 aliphatic carbocycles. The van der Waals surface area contributed by atoms with Crippen LogP contribution >= 0.6 is 11.8 Å². The number of benzene rings is 3. The van der Waals surface area contributed by atoms with Crippen LogP contribution in [-0.2, 0) is 16.4 Å². The number of nitrogens with one attached hydrogen (secondary N) is 2. The summed E-state index contributed by atoms with van der Waals surface area (Å²) in [5, 5.41) is 5.43. The van der Waals surface area contributed by atoms with Crippen molar-refractivity contribution in [3.63, 3.8) is 0 Å². The third-order valence-corrected chi connectivity index (χ3v) is 8.28. The molecular weight excluding hydrogens is 477 g/mol. The van der Waals surface area contributed by atoms with Gasteiger partial charge in [-0.25, -0.2) is 17.1 Å². The summed E-state index contributed by atoms with van der Waals surface area (Å²) in [5.41, 5.74) is 1.51. The first-order valence-corrected chi connectivity index (χ1v) is 12.6. The zero-order valence-corrected chi connectivity index (χ0v) is 20.1. The van der Waals surface area contributed by atoms with Crippen LogP contribution in [0, 0.1) is 5.82 Å². The van der Waals surface area contributed by atoms with Crippen molar-refractivity contribution in [2.24, 2.45) is 0 Å². The summed E-state index contributed by atoms with van der Waals surface area (Å²) >= 11 is 1.26. The molecule has 10 heteroatoms. The van der Waals surface area contributed by atoms with Gasteiger partial charge in [0.2, 0.25) is 10.0 Å². The molecule has 176 valence electrons. The van der Waals surface area contributed by atoms with Gasteiger partial charge in [0.05, 0.1) is 21.7 Å². The third kappa shape index (κ3) is 4.84. The highest BCUT2D eigenvalue weighted by molar-refractivity contribution is 7.99. The van der Waals surface area contributed by atoms with E-state index in [9.17, 15) is 22.4 Å². The van der Waals surface area contributed by atoms with E-state index in [1.807, 2.05) is 0 Å². The van der Waals surface area contributed by atoms with E-state index in [1.165, 1.54) is 50.1 Å². The molecule has 2 amide bonds. The van der Waals surface area contributed by atoms with Gasteiger partial charge in [-0.2, -0.15) is 0 Å². The molecule has 0 bridgehead atoms. The Hall–Kier alpha value is -3.21. The van der Waals surface area contributed by atoms with E-state index < -0.39 is 21.7 Å². The van der Waals surface area contributed by atoms with Crippen molar-refractivity contribution < 1.29 is 22.4 Å². The van der Waals surface area contributed by atoms with E-state index in [4.69, 9.17) is 0 Å². The van der Waals surface area contributed by atoms with Gasteiger partial charge in [-0.1, -0.05) is 36.0 Å². The normalized spacial score (nSPS) is 13.0. The molecule has 1 aliphatic heterocycles. The molecule has 0 fully saturated rings. The van der Waals surface area contributed by atoms with E-state index in [0.29, 0.717) is 27.5 Å². The maximum atomic E-state index is 14.8. The van der Waals surface area contributed by atoms with Gasteiger partial charge in [-0.05, 0) is 48.4 Å². The monoisotopic (exact) mass is 499 g/mol. The first-order chi connectivity index (χ1) is 16.2. The molecule has 1 heterocycles. The Labute approximate surface area is 201 Å². The summed E-state index contributed by atoms with van der Waals surface area (Å²) < 4.78 is 40.2. The van der Waals surface area contributed by atoms with E-state index in [-0.39, 0.29) is 22.9 Å². The van der Waals surface area contributed by atoms with Crippen molar-refractivity contribution in [1.29, 1.82) is 0 Å². The average molecular weight is 500 g/mol. The van der Waals surface area contributed by atoms with Gasteiger partial charge in [0.1, 0.15) is 5.82 Å². The van der Waals surface area contributed by atoms with Gasteiger partial charge in [0.25, 0.3) is 11.8 Å². The Balaban J connectivity index is 1.43. The van der Waals surface area contributed by atoms with Crippen LogP contribution in [0.1, 0.15) is 26.3 Å². The number of carbonyl (C=O) groups excluding carboxylic acids is 2. The van der Waals surface area contributed by atoms with E-state index >= 15 is 0 Å². The zero-order valence-electron chi connectivity index (χ0n) is 18.5. The minimum absolute atomic E-state index is 0.168. The molecule has 3 aromatic rings. The number of hydrogen-bond acceptors (Lipinski definition) is 5. The van der Waals surface area contributed by atoms with Crippen molar-refractivity contribution >= 4 is 39.3 Å². The number of nitrogens with zero attached hydrogens (tertiary/aromatic N) is 1. The molecule has 0 atom stereocenters. The number of hydrogen-bond donors (Lipinski definition) is 2. The lowest BCUT2D eigenvalue weighted by Crippen LogP contribution is -2.27. The van der Waals surface area contributed by atoms with Crippen molar-refractivity contribution in [2.75, 3.05) is 26.0 Å². The zero-order chi connectivity index (χ0) is 24.5. The largest absolute Gasteiger partial charge is 0.352 e. The van der Waals surface area contributed by atoms with E-state index in [0.717, 1.165) is 9.87 Å². The molecule has 1 aliphatic rings. The predicted molar refractivity (Wildman–Crippen MR) is 128 cm³/mol. The number of fused-ring (bicyclic) bond motifs is 2. The van der Waals surface area contributed by atoms with E-state index in [1.54, 1.807) is 36.4 Å². The SMILES string of the molecule is CN(C)S(=O)(=O)c1ccc(CCNC(=O)c2cc3c(cc2F)Sc2ccccc2C(=O)N3)cc1.